The first kappa shape index (κ1) is 39.0. The molecule has 0 amide bonds. The lowest BCUT2D eigenvalue weighted by Gasteiger charge is -2.39. The highest BCUT2D eigenvalue weighted by atomic mass is 16.7. The summed E-state index contributed by atoms with van der Waals surface area (Å²) in [5, 5.41) is 39.1. The zero-order chi connectivity index (χ0) is 30.8. The summed E-state index contributed by atoms with van der Waals surface area (Å²) in [7, 11) is 0. The highest BCUT2D eigenvalue weighted by molar-refractivity contribution is 5.66. The fourth-order valence-electron chi connectivity index (χ4n) is 5.13. The summed E-state index contributed by atoms with van der Waals surface area (Å²) in [5.74, 6) is -0.489. The zero-order valence-electron chi connectivity index (χ0n) is 26.5. The third kappa shape index (κ3) is 19.3. The molecule has 42 heavy (non-hydrogen) atoms. The Kier molecular flexibility index (Phi) is 24.4. The van der Waals surface area contributed by atoms with Crippen LogP contribution in [0.2, 0.25) is 0 Å². The molecule has 1 fully saturated rings. The van der Waals surface area contributed by atoms with Crippen LogP contribution in [0.4, 0.5) is 0 Å². The van der Waals surface area contributed by atoms with Crippen LogP contribution in [0.15, 0.2) is 12.2 Å². The third-order valence-electron chi connectivity index (χ3n) is 7.73. The highest BCUT2D eigenvalue weighted by Gasteiger charge is 2.44. The van der Waals surface area contributed by atoms with Gasteiger partial charge in [-0.25, -0.2) is 0 Å². The smallest absolute Gasteiger partial charge is 0.303 e. The zero-order valence-corrected chi connectivity index (χ0v) is 26.5. The van der Waals surface area contributed by atoms with Gasteiger partial charge in [0.2, 0.25) is 0 Å². The first-order valence-corrected chi connectivity index (χ1v) is 16.7. The first-order chi connectivity index (χ1) is 20.4. The van der Waals surface area contributed by atoms with Crippen LogP contribution >= 0.6 is 0 Å². The maximum absolute atomic E-state index is 11.5. The molecule has 0 radical (unpaired) electrons. The Hall–Kier alpha value is -1.07. The number of esters is 1. The maximum atomic E-state index is 11.5. The second kappa shape index (κ2) is 26.3. The van der Waals surface area contributed by atoms with E-state index >= 15 is 0 Å². The van der Waals surface area contributed by atoms with E-state index in [1.54, 1.807) is 0 Å². The number of carbonyl (C=O) groups is 1. The van der Waals surface area contributed by atoms with Crippen molar-refractivity contribution in [3.05, 3.63) is 12.2 Å². The SMILES string of the molecule is CCCCCCCC/C=C\CCCCCCCCCCCCOCC(COC1OC(CO)C(O)C(O)C1O)OC(C)=O. The normalized spacial score (nSPS) is 23.4. The largest absolute Gasteiger partial charge is 0.458 e. The molecular formula is C33H62O9. The van der Waals surface area contributed by atoms with Crippen LogP contribution in [0.5, 0.6) is 0 Å². The number of hydrogen-bond donors (Lipinski definition) is 4. The Morgan fingerprint density at radius 3 is 1.79 bits per heavy atom. The molecule has 1 aliphatic heterocycles. The van der Waals surface area contributed by atoms with Crippen molar-refractivity contribution in [1.82, 2.24) is 0 Å². The van der Waals surface area contributed by atoms with Gasteiger partial charge in [-0.1, -0.05) is 103 Å². The van der Waals surface area contributed by atoms with E-state index in [1.807, 2.05) is 0 Å². The number of ether oxygens (including phenoxy) is 4. The molecule has 248 valence electrons. The van der Waals surface area contributed by atoms with Crippen LogP contribution in [-0.4, -0.2) is 89.6 Å². The molecule has 0 aromatic rings. The van der Waals surface area contributed by atoms with Gasteiger partial charge in [-0.05, 0) is 32.1 Å². The van der Waals surface area contributed by atoms with Gasteiger partial charge in [-0.3, -0.25) is 4.79 Å². The van der Waals surface area contributed by atoms with Crippen LogP contribution in [0.1, 0.15) is 129 Å². The van der Waals surface area contributed by atoms with Crippen molar-refractivity contribution < 1.29 is 44.2 Å². The second-order valence-electron chi connectivity index (χ2n) is 11.7. The van der Waals surface area contributed by atoms with Gasteiger partial charge in [-0.2, -0.15) is 0 Å². The van der Waals surface area contributed by atoms with E-state index in [-0.39, 0.29) is 13.2 Å². The van der Waals surface area contributed by atoms with Crippen molar-refractivity contribution in [2.75, 3.05) is 26.4 Å². The molecule has 1 aliphatic rings. The predicted molar refractivity (Wildman–Crippen MR) is 164 cm³/mol. The number of aliphatic hydroxyl groups excluding tert-OH is 4. The summed E-state index contributed by atoms with van der Waals surface area (Å²) < 4.78 is 21.7. The van der Waals surface area contributed by atoms with E-state index in [4.69, 9.17) is 18.9 Å². The second-order valence-corrected chi connectivity index (χ2v) is 11.7. The van der Waals surface area contributed by atoms with Crippen LogP contribution in [0.3, 0.4) is 0 Å². The number of unbranched alkanes of at least 4 members (excludes halogenated alkanes) is 16. The van der Waals surface area contributed by atoms with Gasteiger partial charge in [0.25, 0.3) is 0 Å². The summed E-state index contributed by atoms with van der Waals surface area (Å²) in [4.78, 5) is 11.5. The molecule has 4 N–H and O–H groups in total. The fraction of sp³-hybridized carbons (Fsp3) is 0.909. The Morgan fingerprint density at radius 2 is 1.26 bits per heavy atom. The average molecular weight is 603 g/mol. The van der Waals surface area contributed by atoms with E-state index < -0.39 is 49.4 Å². The Balaban J connectivity index is 1.98. The average Bonchev–Trinajstić information content (AvgIpc) is 2.97. The predicted octanol–water partition coefficient (Wildman–Crippen LogP) is 5.35. The van der Waals surface area contributed by atoms with Gasteiger partial charge in [0.05, 0.1) is 19.8 Å². The number of allylic oxidation sites excluding steroid dienone is 2. The summed E-state index contributed by atoms with van der Waals surface area (Å²) in [5.41, 5.74) is 0. The molecule has 9 heteroatoms. The van der Waals surface area contributed by atoms with Crippen molar-refractivity contribution in [2.45, 2.75) is 166 Å². The van der Waals surface area contributed by atoms with Crippen LogP contribution in [0.25, 0.3) is 0 Å². The standard InChI is InChI=1S/C33H62O9/c1-3-4-5-6-7-8-9-10-11-12-13-14-15-16-17-18-19-20-21-22-23-39-25-28(41-27(2)35)26-40-33-32(38)31(37)30(36)29(24-34)42-33/h10-11,28-34,36-38H,3-9,12-26H2,1-2H3/b11-10-. The topological polar surface area (TPSA) is 135 Å². The lowest BCUT2D eigenvalue weighted by atomic mass is 9.99. The minimum Gasteiger partial charge on any atom is -0.458 e. The maximum Gasteiger partial charge on any atom is 0.303 e. The van der Waals surface area contributed by atoms with E-state index in [0.29, 0.717) is 6.61 Å². The molecule has 6 unspecified atom stereocenters. The van der Waals surface area contributed by atoms with Gasteiger partial charge in [-0.15, -0.1) is 0 Å². The molecule has 0 aromatic heterocycles. The molecule has 6 atom stereocenters. The third-order valence-corrected chi connectivity index (χ3v) is 7.73. The highest BCUT2D eigenvalue weighted by Crippen LogP contribution is 2.22. The van der Waals surface area contributed by atoms with Crippen LogP contribution in [-0.2, 0) is 23.7 Å². The molecular weight excluding hydrogens is 540 g/mol. The molecule has 0 spiro atoms. The quantitative estimate of drug-likeness (QED) is 0.0557. The Labute approximate surface area is 255 Å². The van der Waals surface area contributed by atoms with E-state index in [0.717, 1.165) is 12.8 Å². The summed E-state index contributed by atoms with van der Waals surface area (Å²) >= 11 is 0. The summed E-state index contributed by atoms with van der Waals surface area (Å²) in [6.07, 6.45) is 20.2. The molecule has 0 saturated carbocycles. The summed E-state index contributed by atoms with van der Waals surface area (Å²) in [6, 6.07) is 0. The monoisotopic (exact) mass is 602 g/mol. The summed E-state index contributed by atoms with van der Waals surface area (Å²) in [6.45, 7) is 3.56. The number of carbonyl (C=O) groups excluding carboxylic acids is 1. The van der Waals surface area contributed by atoms with Crippen LogP contribution in [0, 0.1) is 0 Å². The van der Waals surface area contributed by atoms with E-state index in [9.17, 15) is 25.2 Å². The number of hydrogen-bond acceptors (Lipinski definition) is 9. The lowest BCUT2D eigenvalue weighted by Crippen LogP contribution is -2.59. The van der Waals surface area contributed by atoms with E-state index in [1.165, 1.54) is 110 Å². The van der Waals surface area contributed by atoms with Crippen LogP contribution < -0.4 is 0 Å². The minimum absolute atomic E-state index is 0.127. The number of aliphatic hydroxyl groups is 4. The fourth-order valence-corrected chi connectivity index (χ4v) is 5.13. The van der Waals surface area contributed by atoms with Gasteiger partial charge >= 0.3 is 5.97 Å². The van der Waals surface area contributed by atoms with Gasteiger partial charge in [0.1, 0.15) is 30.5 Å². The van der Waals surface area contributed by atoms with Gasteiger partial charge in [0.15, 0.2) is 6.29 Å². The van der Waals surface area contributed by atoms with Crippen molar-refractivity contribution in [2.24, 2.45) is 0 Å². The molecule has 0 aliphatic carbocycles. The van der Waals surface area contributed by atoms with Crippen molar-refractivity contribution in [3.63, 3.8) is 0 Å². The van der Waals surface area contributed by atoms with Crippen molar-refractivity contribution in [3.8, 4) is 0 Å². The molecule has 1 heterocycles. The Morgan fingerprint density at radius 1 is 0.738 bits per heavy atom. The molecule has 0 bridgehead atoms. The van der Waals surface area contributed by atoms with Crippen molar-refractivity contribution in [1.29, 1.82) is 0 Å². The Bertz CT molecular complexity index is 657. The van der Waals surface area contributed by atoms with Gasteiger partial charge < -0.3 is 39.4 Å². The molecule has 9 nitrogen and oxygen atoms in total. The number of rotatable bonds is 27. The molecule has 1 rings (SSSR count). The van der Waals surface area contributed by atoms with E-state index in [2.05, 4.69) is 19.1 Å². The van der Waals surface area contributed by atoms with Gasteiger partial charge in [0, 0.05) is 13.5 Å². The van der Waals surface area contributed by atoms with Crippen molar-refractivity contribution >= 4 is 5.97 Å². The minimum atomic E-state index is -1.53. The molecule has 1 saturated heterocycles. The molecule has 0 aromatic carbocycles. The lowest BCUT2D eigenvalue weighted by molar-refractivity contribution is -0.305. The first-order valence-electron chi connectivity index (χ1n) is 16.7.